The number of anilines is 1. The number of amides is 2. The van der Waals surface area contributed by atoms with Crippen molar-refractivity contribution >= 4 is 29.4 Å². The van der Waals surface area contributed by atoms with E-state index in [1.165, 1.54) is 0 Å². The van der Waals surface area contributed by atoms with Gasteiger partial charge in [-0.1, -0.05) is 6.92 Å². The van der Waals surface area contributed by atoms with Crippen LogP contribution in [0.3, 0.4) is 0 Å². The molecule has 2 N–H and O–H groups in total. The van der Waals surface area contributed by atoms with Gasteiger partial charge in [0.2, 0.25) is 5.91 Å². The van der Waals surface area contributed by atoms with Crippen LogP contribution in [-0.2, 0) is 22.8 Å². The zero-order valence-corrected chi connectivity index (χ0v) is 15.7. The van der Waals surface area contributed by atoms with E-state index >= 15 is 0 Å². The third kappa shape index (κ3) is 4.01. The highest BCUT2D eigenvalue weighted by Crippen LogP contribution is 2.34. The van der Waals surface area contributed by atoms with Gasteiger partial charge in [0.1, 0.15) is 18.1 Å². The molecule has 0 unspecified atom stereocenters. The molecule has 1 aliphatic heterocycles. The highest BCUT2D eigenvalue weighted by atomic mass is 32.2. The van der Waals surface area contributed by atoms with E-state index in [0.717, 1.165) is 29.2 Å². The second-order valence-corrected chi connectivity index (χ2v) is 6.94. The molecule has 0 saturated heterocycles. The second kappa shape index (κ2) is 8.27. The van der Waals surface area contributed by atoms with Gasteiger partial charge in [0, 0.05) is 29.2 Å². The van der Waals surface area contributed by atoms with Crippen LogP contribution < -0.4 is 15.4 Å². The van der Waals surface area contributed by atoms with E-state index in [9.17, 15) is 9.59 Å². The quantitative estimate of drug-likeness (QED) is 0.777. The molecule has 1 aromatic carbocycles. The molecule has 26 heavy (non-hydrogen) atoms. The standard InChI is InChI=1S/C18H22N4O3S/c1-3-8-19-16(23)9-22-17(14-10-26-11-15(14)21-22)20-18(24)12-4-6-13(25-2)7-5-12/h4-7H,3,8-11H2,1-2H3,(H,19,23)(H,20,24). The number of rotatable bonds is 7. The first-order valence-corrected chi connectivity index (χ1v) is 9.66. The maximum Gasteiger partial charge on any atom is 0.256 e. The lowest BCUT2D eigenvalue weighted by molar-refractivity contribution is -0.121. The molecular formula is C18H22N4O3S. The summed E-state index contributed by atoms with van der Waals surface area (Å²) >= 11 is 1.75. The molecule has 2 aromatic rings. The topological polar surface area (TPSA) is 85.3 Å². The summed E-state index contributed by atoms with van der Waals surface area (Å²) in [6, 6.07) is 6.89. The summed E-state index contributed by atoms with van der Waals surface area (Å²) in [5, 5.41) is 10.3. The summed E-state index contributed by atoms with van der Waals surface area (Å²) in [5.41, 5.74) is 2.46. The molecule has 1 aromatic heterocycles. The zero-order chi connectivity index (χ0) is 18.5. The number of fused-ring (bicyclic) bond motifs is 1. The molecule has 138 valence electrons. The van der Waals surface area contributed by atoms with E-state index < -0.39 is 0 Å². The third-order valence-electron chi connectivity index (χ3n) is 4.07. The molecule has 8 heteroatoms. The Morgan fingerprint density at radius 2 is 2.04 bits per heavy atom. The summed E-state index contributed by atoms with van der Waals surface area (Å²) < 4.78 is 6.71. The van der Waals surface area contributed by atoms with Crippen molar-refractivity contribution in [3.8, 4) is 5.75 Å². The van der Waals surface area contributed by atoms with Gasteiger partial charge in [-0.05, 0) is 30.7 Å². The van der Waals surface area contributed by atoms with Gasteiger partial charge >= 0.3 is 0 Å². The fourth-order valence-corrected chi connectivity index (χ4v) is 3.73. The average molecular weight is 374 g/mol. The summed E-state index contributed by atoms with van der Waals surface area (Å²) in [6.07, 6.45) is 0.874. The lowest BCUT2D eigenvalue weighted by Gasteiger charge is -2.11. The summed E-state index contributed by atoms with van der Waals surface area (Å²) in [6.45, 7) is 2.72. The molecule has 2 heterocycles. The van der Waals surface area contributed by atoms with Crippen molar-refractivity contribution < 1.29 is 14.3 Å². The highest BCUT2D eigenvalue weighted by Gasteiger charge is 2.25. The number of nitrogens with zero attached hydrogens (tertiary/aromatic N) is 2. The monoisotopic (exact) mass is 374 g/mol. The van der Waals surface area contributed by atoms with Crippen LogP contribution in [0.15, 0.2) is 24.3 Å². The van der Waals surface area contributed by atoms with E-state index in [1.807, 2.05) is 6.92 Å². The van der Waals surface area contributed by atoms with E-state index in [1.54, 1.807) is 47.8 Å². The Morgan fingerprint density at radius 3 is 2.73 bits per heavy atom. The van der Waals surface area contributed by atoms with Gasteiger partial charge in [-0.15, -0.1) is 0 Å². The molecule has 1 aliphatic rings. The average Bonchev–Trinajstić information content (AvgIpc) is 3.22. The minimum absolute atomic E-state index is 0.0931. The number of hydrogen-bond donors (Lipinski definition) is 2. The molecule has 0 aliphatic carbocycles. The van der Waals surface area contributed by atoms with E-state index in [4.69, 9.17) is 4.74 Å². The lowest BCUT2D eigenvalue weighted by Crippen LogP contribution is -2.29. The van der Waals surface area contributed by atoms with Crippen LogP contribution in [0.25, 0.3) is 0 Å². The van der Waals surface area contributed by atoms with Gasteiger partial charge < -0.3 is 15.4 Å². The van der Waals surface area contributed by atoms with Crippen LogP contribution in [0, 0.1) is 0 Å². The van der Waals surface area contributed by atoms with Gasteiger partial charge in [-0.25, -0.2) is 4.68 Å². The van der Waals surface area contributed by atoms with Crippen molar-refractivity contribution in [1.29, 1.82) is 0 Å². The van der Waals surface area contributed by atoms with Crippen LogP contribution in [0.2, 0.25) is 0 Å². The number of hydrogen-bond acceptors (Lipinski definition) is 5. The van der Waals surface area contributed by atoms with Gasteiger partial charge in [-0.2, -0.15) is 16.9 Å². The Morgan fingerprint density at radius 1 is 1.27 bits per heavy atom. The Hall–Kier alpha value is -2.48. The first kappa shape index (κ1) is 18.3. The largest absolute Gasteiger partial charge is 0.497 e. The van der Waals surface area contributed by atoms with Crippen LogP contribution >= 0.6 is 11.8 Å². The van der Waals surface area contributed by atoms with E-state index in [-0.39, 0.29) is 18.4 Å². The second-order valence-electron chi connectivity index (χ2n) is 5.96. The van der Waals surface area contributed by atoms with E-state index in [2.05, 4.69) is 15.7 Å². The molecule has 0 bridgehead atoms. The SMILES string of the molecule is CCCNC(=O)Cn1nc2c(c1NC(=O)c1ccc(OC)cc1)CSC2. The van der Waals surface area contributed by atoms with Crippen molar-refractivity contribution in [3.63, 3.8) is 0 Å². The fourth-order valence-electron chi connectivity index (χ4n) is 2.70. The van der Waals surface area contributed by atoms with Crippen molar-refractivity contribution in [2.45, 2.75) is 31.4 Å². The van der Waals surface area contributed by atoms with Gasteiger partial charge in [-0.3, -0.25) is 9.59 Å². The van der Waals surface area contributed by atoms with Gasteiger partial charge in [0.25, 0.3) is 5.91 Å². The number of nitrogens with one attached hydrogen (secondary N) is 2. The van der Waals surface area contributed by atoms with Crippen LogP contribution in [0.5, 0.6) is 5.75 Å². The predicted octanol–water partition coefficient (Wildman–Crippen LogP) is 2.42. The first-order chi connectivity index (χ1) is 12.6. The number of carbonyl (C=O) groups is 2. The van der Waals surface area contributed by atoms with Gasteiger partial charge in [0.05, 0.1) is 12.8 Å². The molecule has 0 spiro atoms. The Labute approximate surface area is 156 Å². The number of ether oxygens (including phenoxy) is 1. The lowest BCUT2D eigenvalue weighted by atomic mass is 10.2. The number of carbonyl (C=O) groups excluding carboxylic acids is 2. The van der Waals surface area contributed by atoms with Crippen molar-refractivity contribution in [2.75, 3.05) is 19.0 Å². The molecule has 7 nitrogen and oxygen atoms in total. The number of benzene rings is 1. The Balaban J connectivity index is 1.79. The maximum absolute atomic E-state index is 12.6. The van der Waals surface area contributed by atoms with Crippen molar-refractivity contribution in [2.24, 2.45) is 0 Å². The number of methoxy groups -OCH3 is 1. The minimum atomic E-state index is -0.234. The first-order valence-electron chi connectivity index (χ1n) is 8.50. The summed E-state index contributed by atoms with van der Waals surface area (Å²) in [7, 11) is 1.58. The molecule has 3 rings (SSSR count). The van der Waals surface area contributed by atoms with Crippen LogP contribution in [0.4, 0.5) is 5.82 Å². The Bertz CT molecular complexity index is 802. The molecule has 0 saturated carbocycles. The van der Waals surface area contributed by atoms with Crippen molar-refractivity contribution in [1.82, 2.24) is 15.1 Å². The third-order valence-corrected chi connectivity index (χ3v) is 5.04. The molecule has 0 radical (unpaired) electrons. The molecule has 0 atom stereocenters. The minimum Gasteiger partial charge on any atom is -0.497 e. The Kier molecular flexibility index (Phi) is 5.82. The summed E-state index contributed by atoms with van der Waals surface area (Å²) in [5.74, 6) is 2.53. The van der Waals surface area contributed by atoms with Crippen LogP contribution in [-0.4, -0.2) is 35.2 Å². The fraction of sp³-hybridized carbons (Fsp3) is 0.389. The maximum atomic E-state index is 12.6. The number of thioether (sulfide) groups is 1. The molecule has 2 amide bonds. The predicted molar refractivity (Wildman–Crippen MR) is 101 cm³/mol. The molecule has 0 fully saturated rings. The highest BCUT2D eigenvalue weighted by molar-refractivity contribution is 7.98. The normalized spacial score (nSPS) is 12.5. The van der Waals surface area contributed by atoms with Crippen LogP contribution in [0.1, 0.15) is 35.0 Å². The van der Waals surface area contributed by atoms with Crippen molar-refractivity contribution in [3.05, 3.63) is 41.1 Å². The van der Waals surface area contributed by atoms with E-state index in [0.29, 0.717) is 23.7 Å². The smallest absolute Gasteiger partial charge is 0.256 e. The summed E-state index contributed by atoms with van der Waals surface area (Å²) in [4.78, 5) is 24.7. The number of aromatic nitrogens is 2. The van der Waals surface area contributed by atoms with Gasteiger partial charge in [0.15, 0.2) is 0 Å². The zero-order valence-electron chi connectivity index (χ0n) is 14.9. The molecular weight excluding hydrogens is 352 g/mol.